The van der Waals surface area contributed by atoms with E-state index >= 15 is 0 Å². The Morgan fingerprint density at radius 3 is 2.72 bits per heavy atom. The average molecular weight is 244 g/mol. The number of aryl methyl sites for hydroxylation is 1. The number of Topliss-reactive ketones (excluding diaryl/α,β-unsaturated/α-hetero) is 1. The Labute approximate surface area is 103 Å². The Bertz CT molecular complexity index is 668. The molecule has 5 nitrogen and oxygen atoms in total. The van der Waals surface area contributed by atoms with Crippen LogP contribution in [-0.2, 0) is 4.79 Å². The molecule has 0 bridgehead atoms. The molecule has 1 aromatic carbocycles. The number of nitrogens with zero attached hydrogens (tertiary/aromatic N) is 1. The standard InChI is InChI=1S/C13H12N2O3/c1-7-14-9-3-2-8(6-10(9)15-7)11(16)13(4-5-13)12(17)18/h2-3,6H,4-5H2,1H3,(H,14,15)(H,17,18). The van der Waals surface area contributed by atoms with Crippen molar-refractivity contribution >= 4 is 22.8 Å². The monoisotopic (exact) mass is 244 g/mol. The number of hydrogen-bond acceptors (Lipinski definition) is 3. The Kier molecular flexibility index (Phi) is 2.08. The highest BCUT2D eigenvalue weighted by Gasteiger charge is 2.56. The molecule has 18 heavy (non-hydrogen) atoms. The summed E-state index contributed by atoms with van der Waals surface area (Å²) < 4.78 is 0. The minimum Gasteiger partial charge on any atom is -0.480 e. The van der Waals surface area contributed by atoms with E-state index in [2.05, 4.69) is 9.97 Å². The third kappa shape index (κ3) is 1.44. The number of rotatable bonds is 3. The van der Waals surface area contributed by atoms with E-state index in [4.69, 9.17) is 5.11 Å². The molecule has 2 aromatic rings. The van der Waals surface area contributed by atoms with Crippen LogP contribution in [0.2, 0.25) is 0 Å². The maximum atomic E-state index is 12.2. The molecule has 0 amide bonds. The number of imidazole rings is 1. The minimum atomic E-state index is -1.18. The SMILES string of the molecule is Cc1nc2ccc(C(=O)C3(C(=O)O)CC3)cc2[nH]1. The van der Waals surface area contributed by atoms with Gasteiger partial charge in [0.05, 0.1) is 11.0 Å². The molecule has 0 saturated heterocycles. The van der Waals surface area contributed by atoms with Crippen molar-refractivity contribution in [3.05, 3.63) is 29.6 Å². The Hall–Kier alpha value is -2.17. The zero-order chi connectivity index (χ0) is 12.9. The number of H-pyrrole nitrogens is 1. The predicted molar refractivity (Wildman–Crippen MR) is 64.5 cm³/mol. The molecule has 1 aliphatic rings. The Morgan fingerprint density at radius 1 is 1.39 bits per heavy atom. The van der Waals surface area contributed by atoms with Gasteiger partial charge in [0.1, 0.15) is 11.2 Å². The molecule has 2 N–H and O–H groups in total. The van der Waals surface area contributed by atoms with Crippen LogP contribution in [0.4, 0.5) is 0 Å². The first-order valence-electron chi connectivity index (χ1n) is 5.77. The fourth-order valence-electron chi connectivity index (χ4n) is 2.22. The average Bonchev–Trinajstić information content (AvgIpc) is 3.05. The topological polar surface area (TPSA) is 83.1 Å². The van der Waals surface area contributed by atoms with Crippen LogP contribution in [0.25, 0.3) is 11.0 Å². The first-order valence-corrected chi connectivity index (χ1v) is 5.77. The number of hydrogen-bond donors (Lipinski definition) is 2. The van der Waals surface area contributed by atoms with E-state index in [9.17, 15) is 9.59 Å². The van der Waals surface area contributed by atoms with Crippen LogP contribution in [-0.4, -0.2) is 26.8 Å². The van der Waals surface area contributed by atoms with E-state index in [0.717, 1.165) is 16.9 Å². The molecule has 1 saturated carbocycles. The normalized spacial score (nSPS) is 16.7. The second kappa shape index (κ2) is 3.41. The van der Waals surface area contributed by atoms with E-state index in [1.807, 2.05) is 6.92 Å². The second-order valence-electron chi connectivity index (χ2n) is 4.77. The largest absolute Gasteiger partial charge is 0.480 e. The maximum Gasteiger partial charge on any atom is 0.317 e. The molecular formula is C13H12N2O3. The van der Waals surface area contributed by atoms with Crippen molar-refractivity contribution in [3.8, 4) is 0 Å². The van der Waals surface area contributed by atoms with Crippen molar-refractivity contribution in [3.63, 3.8) is 0 Å². The summed E-state index contributed by atoms with van der Waals surface area (Å²) >= 11 is 0. The first kappa shape index (κ1) is 11.0. The number of aromatic nitrogens is 2. The fourth-order valence-corrected chi connectivity index (χ4v) is 2.22. The molecule has 5 heteroatoms. The molecule has 1 heterocycles. The van der Waals surface area contributed by atoms with E-state index in [1.165, 1.54) is 0 Å². The maximum absolute atomic E-state index is 12.2. The summed E-state index contributed by atoms with van der Waals surface area (Å²) in [6.07, 6.45) is 0.864. The zero-order valence-electron chi connectivity index (χ0n) is 9.86. The number of fused-ring (bicyclic) bond motifs is 1. The number of benzene rings is 1. The van der Waals surface area contributed by atoms with Crippen molar-refractivity contribution in [2.75, 3.05) is 0 Å². The van der Waals surface area contributed by atoms with Gasteiger partial charge in [-0.05, 0) is 38.0 Å². The highest BCUT2D eigenvalue weighted by atomic mass is 16.4. The lowest BCUT2D eigenvalue weighted by Gasteiger charge is -2.08. The van der Waals surface area contributed by atoms with Gasteiger partial charge in [-0.2, -0.15) is 0 Å². The molecule has 1 aliphatic carbocycles. The van der Waals surface area contributed by atoms with Crippen molar-refractivity contribution in [1.82, 2.24) is 9.97 Å². The highest BCUT2D eigenvalue weighted by Crippen LogP contribution is 2.48. The molecule has 1 fully saturated rings. The number of ketones is 1. The number of carbonyl (C=O) groups excluding carboxylic acids is 1. The molecule has 0 atom stereocenters. The lowest BCUT2D eigenvalue weighted by atomic mass is 9.94. The van der Waals surface area contributed by atoms with Crippen molar-refractivity contribution < 1.29 is 14.7 Å². The van der Waals surface area contributed by atoms with Crippen LogP contribution in [0.5, 0.6) is 0 Å². The molecule has 0 spiro atoms. The van der Waals surface area contributed by atoms with Gasteiger partial charge in [-0.3, -0.25) is 9.59 Å². The van der Waals surface area contributed by atoms with Crippen molar-refractivity contribution in [2.24, 2.45) is 5.41 Å². The summed E-state index contributed by atoms with van der Waals surface area (Å²) in [6, 6.07) is 5.07. The summed E-state index contributed by atoms with van der Waals surface area (Å²) in [5.74, 6) is -0.550. The predicted octanol–water partition coefficient (Wildman–Crippen LogP) is 1.92. The Morgan fingerprint density at radius 2 is 2.11 bits per heavy atom. The van der Waals surface area contributed by atoms with Crippen LogP contribution >= 0.6 is 0 Å². The summed E-state index contributed by atoms with van der Waals surface area (Å²) in [7, 11) is 0. The van der Waals surface area contributed by atoms with Gasteiger partial charge in [0.15, 0.2) is 5.78 Å². The summed E-state index contributed by atoms with van der Waals surface area (Å²) in [5, 5.41) is 9.11. The van der Waals surface area contributed by atoms with Crippen LogP contribution in [0.15, 0.2) is 18.2 Å². The molecule has 0 radical (unpaired) electrons. The lowest BCUT2D eigenvalue weighted by Crippen LogP contribution is -2.25. The lowest BCUT2D eigenvalue weighted by molar-refractivity contribution is -0.141. The van der Waals surface area contributed by atoms with E-state index < -0.39 is 11.4 Å². The fraction of sp³-hybridized carbons (Fsp3) is 0.308. The molecule has 3 rings (SSSR count). The van der Waals surface area contributed by atoms with E-state index in [-0.39, 0.29) is 5.78 Å². The molecule has 1 aromatic heterocycles. The van der Waals surface area contributed by atoms with E-state index in [0.29, 0.717) is 18.4 Å². The van der Waals surface area contributed by atoms with Crippen LogP contribution in [0.3, 0.4) is 0 Å². The zero-order valence-corrected chi connectivity index (χ0v) is 9.86. The van der Waals surface area contributed by atoms with Crippen LogP contribution in [0, 0.1) is 12.3 Å². The van der Waals surface area contributed by atoms with Crippen molar-refractivity contribution in [2.45, 2.75) is 19.8 Å². The third-order valence-electron chi connectivity index (χ3n) is 3.46. The number of aromatic amines is 1. The molecular weight excluding hydrogens is 232 g/mol. The minimum absolute atomic E-state index is 0.302. The van der Waals surface area contributed by atoms with Gasteiger partial charge < -0.3 is 10.1 Å². The van der Waals surface area contributed by atoms with Gasteiger partial charge in [0.2, 0.25) is 0 Å². The van der Waals surface area contributed by atoms with Crippen molar-refractivity contribution in [1.29, 1.82) is 0 Å². The number of carbonyl (C=O) groups is 2. The van der Waals surface area contributed by atoms with Gasteiger partial charge in [-0.1, -0.05) is 0 Å². The van der Waals surface area contributed by atoms with Gasteiger partial charge in [0, 0.05) is 5.56 Å². The van der Waals surface area contributed by atoms with E-state index in [1.54, 1.807) is 18.2 Å². The molecule has 92 valence electrons. The van der Waals surface area contributed by atoms with Gasteiger partial charge >= 0.3 is 5.97 Å². The third-order valence-corrected chi connectivity index (χ3v) is 3.46. The van der Waals surface area contributed by atoms with Gasteiger partial charge in [-0.25, -0.2) is 4.98 Å². The molecule has 0 aliphatic heterocycles. The quantitative estimate of drug-likeness (QED) is 0.638. The first-order chi connectivity index (χ1) is 8.53. The summed E-state index contributed by atoms with van der Waals surface area (Å²) in [5.41, 5.74) is 0.803. The number of carboxylic acid groups (broad SMARTS) is 1. The molecule has 0 unspecified atom stereocenters. The van der Waals surface area contributed by atoms with Crippen LogP contribution < -0.4 is 0 Å². The number of nitrogens with one attached hydrogen (secondary N) is 1. The number of aliphatic carboxylic acids is 1. The van der Waals surface area contributed by atoms with Gasteiger partial charge in [0.25, 0.3) is 0 Å². The summed E-state index contributed by atoms with van der Waals surface area (Å²) in [6.45, 7) is 1.83. The highest BCUT2D eigenvalue weighted by molar-refractivity contribution is 6.15. The van der Waals surface area contributed by atoms with Gasteiger partial charge in [-0.15, -0.1) is 0 Å². The second-order valence-corrected chi connectivity index (χ2v) is 4.77. The summed E-state index contributed by atoms with van der Waals surface area (Å²) in [4.78, 5) is 30.6. The smallest absolute Gasteiger partial charge is 0.317 e. The Balaban J connectivity index is 2.04. The number of carboxylic acids is 1. The van der Waals surface area contributed by atoms with Crippen LogP contribution in [0.1, 0.15) is 29.0 Å².